The van der Waals surface area contributed by atoms with Crippen LogP contribution in [0.1, 0.15) is 33.6 Å². The maximum atomic E-state index is 12.1. The van der Waals surface area contributed by atoms with Crippen LogP contribution in [0.25, 0.3) is 0 Å². The molecule has 0 aliphatic carbocycles. The average molecular weight is 345 g/mol. The lowest BCUT2D eigenvalue weighted by Crippen LogP contribution is -2.35. The van der Waals surface area contributed by atoms with Crippen LogP contribution in [0.15, 0.2) is 30.5 Å². The number of thiazole rings is 1. The Morgan fingerprint density at radius 3 is 3.08 bits per heavy atom. The molecule has 1 atom stereocenters. The molecule has 1 fully saturated rings. The van der Waals surface area contributed by atoms with E-state index in [1.54, 1.807) is 12.3 Å². The van der Waals surface area contributed by atoms with Gasteiger partial charge in [-0.2, -0.15) is 0 Å². The molecule has 0 radical (unpaired) electrons. The Labute approximate surface area is 144 Å². The van der Waals surface area contributed by atoms with Crippen LogP contribution in [0, 0.1) is 0 Å². The van der Waals surface area contributed by atoms with Crippen LogP contribution in [0.5, 0.6) is 0 Å². The molecular formula is C17H19N3O3S. The zero-order valence-electron chi connectivity index (χ0n) is 13.4. The monoisotopic (exact) mass is 345 g/mol. The molecule has 1 aliphatic rings. The van der Waals surface area contributed by atoms with Gasteiger partial charge < -0.3 is 15.4 Å². The molecule has 0 saturated carbocycles. The molecule has 7 heteroatoms. The van der Waals surface area contributed by atoms with Crippen molar-refractivity contribution in [2.45, 2.75) is 25.3 Å². The molecule has 2 heterocycles. The van der Waals surface area contributed by atoms with Gasteiger partial charge in [0.2, 0.25) is 5.91 Å². The summed E-state index contributed by atoms with van der Waals surface area (Å²) in [6, 6.07) is 7.20. The number of carbonyl (C=O) groups excluding carboxylic acids is 2. The summed E-state index contributed by atoms with van der Waals surface area (Å²) in [6.07, 6.45) is 4.30. The summed E-state index contributed by atoms with van der Waals surface area (Å²) < 4.78 is 4.74. The van der Waals surface area contributed by atoms with Crippen molar-refractivity contribution < 1.29 is 14.3 Å². The van der Waals surface area contributed by atoms with E-state index in [0.717, 1.165) is 29.8 Å². The number of hydrogen-bond acceptors (Lipinski definition) is 6. The van der Waals surface area contributed by atoms with Crippen molar-refractivity contribution in [2.24, 2.45) is 0 Å². The van der Waals surface area contributed by atoms with E-state index in [4.69, 9.17) is 4.74 Å². The van der Waals surface area contributed by atoms with E-state index in [-0.39, 0.29) is 17.9 Å². The van der Waals surface area contributed by atoms with Crippen LogP contribution < -0.4 is 10.6 Å². The Balaban J connectivity index is 1.63. The maximum Gasteiger partial charge on any atom is 0.337 e. The van der Waals surface area contributed by atoms with Gasteiger partial charge in [-0.05, 0) is 37.1 Å². The highest BCUT2D eigenvalue weighted by Crippen LogP contribution is 2.22. The second-order valence-electron chi connectivity index (χ2n) is 5.64. The molecule has 24 heavy (non-hydrogen) atoms. The second-order valence-corrected chi connectivity index (χ2v) is 6.75. The number of amides is 1. The first-order valence-corrected chi connectivity index (χ1v) is 8.63. The summed E-state index contributed by atoms with van der Waals surface area (Å²) in [7, 11) is 1.37. The van der Waals surface area contributed by atoms with E-state index in [1.807, 2.05) is 18.2 Å². The number of rotatable bonds is 5. The number of esters is 1. The predicted molar refractivity (Wildman–Crippen MR) is 92.4 cm³/mol. The Kier molecular flexibility index (Phi) is 5.22. The van der Waals surface area contributed by atoms with Crippen LogP contribution in [0.3, 0.4) is 0 Å². The van der Waals surface area contributed by atoms with Crippen molar-refractivity contribution >= 4 is 28.3 Å². The summed E-state index contributed by atoms with van der Waals surface area (Å²) in [5.41, 5.74) is 1.53. The van der Waals surface area contributed by atoms with Crippen LogP contribution in [-0.2, 0) is 16.0 Å². The second kappa shape index (κ2) is 7.55. The number of carbonyl (C=O) groups is 2. The average Bonchev–Trinajstić information content (AvgIpc) is 3.26. The molecule has 1 amide bonds. The highest BCUT2D eigenvalue weighted by Gasteiger charge is 2.22. The first-order valence-electron chi connectivity index (χ1n) is 7.82. The number of methoxy groups -OCH3 is 1. The number of benzene rings is 1. The first kappa shape index (κ1) is 16.6. The number of nitrogens with one attached hydrogen (secondary N) is 2. The van der Waals surface area contributed by atoms with Gasteiger partial charge in [-0.3, -0.25) is 4.79 Å². The SMILES string of the molecule is COC(=O)c1cccc(Cc2cnc(NC(=O)C3CCCN3)s2)c1. The summed E-state index contributed by atoms with van der Waals surface area (Å²) in [6.45, 7) is 0.887. The van der Waals surface area contributed by atoms with Gasteiger partial charge in [-0.25, -0.2) is 9.78 Å². The van der Waals surface area contributed by atoms with E-state index < -0.39 is 0 Å². The highest BCUT2D eigenvalue weighted by atomic mass is 32.1. The molecule has 1 saturated heterocycles. The van der Waals surface area contributed by atoms with Gasteiger partial charge in [0, 0.05) is 17.5 Å². The molecule has 1 aromatic carbocycles. The van der Waals surface area contributed by atoms with Gasteiger partial charge in [0.1, 0.15) is 0 Å². The van der Waals surface area contributed by atoms with Gasteiger partial charge in [-0.15, -0.1) is 11.3 Å². The minimum atomic E-state index is -0.349. The largest absolute Gasteiger partial charge is 0.465 e. The summed E-state index contributed by atoms with van der Waals surface area (Å²) in [5.74, 6) is -0.376. The van der Waals surface area contributed by atoms with Crippen LogP contribution in [0.4, 0.5) is 5.13 Å². The Morgan fingerprint density at radius 1 is 1.46 bits per heavy atom. The maximum absolute atomic E-state index is 12.1. The molecule has 1 unspecified atom stereocenters. The van der Waals surface area contributed by atoms with Gasteiger partial charge in [0.25, 0.3) is 0 Å². The van der Waals surface area contributed by atoms with E-state index in [0.29, 0.717) is 17.1 Å². The fraction of sp³-hybridized carbons (Fsp3) is 0.353. The molecule has 0 spiro atoms. The van der Waals surface area contributed by atoms with Crippen molar-refractivity contribution in [3.63, 3.8) is 0 Å². The molecule has 1 aromatic heterocycles. The Morgan fingerprint density at radius 2 is 2.33 bits per heavy atom. The summed E-state index contributed by atoms with van der Waals surface area (Å²) >= 11 is 1.45. The minimum absolute atomic E-state index is 0.0268. The molecule has 3 rings (SSSR count). The van der Waals surface area contributed by atoms with Gasteiger partial charge in [-0.1, -0.05) is 12.1 Å². The fourth-order valence-corrected chi connectivity index (χ4v) is 3.52. The van der Waals surface area contributed by atoms with Crippen molar-refractivity contribution in [3.8, 4) is 0 Å². The Hall–Kier alpha value is -2.25. The number of hydrogen-bond donors (Lipinski definition) is 2. The third kappa shape index (κ3) is 3.98. The topological polar surface area (TPSA) is 80.3 Å². The zero-order chi connectivity index (χ0) is 16.9. The van der Waals surface area contributed by atoms with E-state index in [2.05, 4.69) is 15.6 Å². The predicted octanol–water partition coefficient (Wildman–Crippen LogP) is 2.21. The molecule has 2 N–H and O–H groups in total. The number of nitrogens with zero attached hydrogens (tertiary/aromatic N) is 1. The fourth-order valence-electron chi connectivity index (χ4n) is 2.68. The molecule has 6 nitrogen and oxygen atoms in total. The smallest absolute Gasteiger partial charge is 0.337 e. The van der Waals surface area contributed by atoms with Gasteiger partial charge in [0.05, 0.1) is 18.7 Å². The van der Waals surface area contributed by atoms with Crippen molar-refractivity contribution in [3.05, 3.63) is 46.5 Å². The van der Waals surface area contributed by atoms with Crippen LogP contribution in [-0.4, -0.2) is 36.6 Å². The molecule has 0 bridgehead atoms. The molecular weight excluding hydrogens is 326 g/mol. The van der Waals surface area contributed by atoms with Gasteiger partial charge >= 0.3 is 5.97 Å². The van der Waals surface area contributed by atoms with Gasteiger partial charge in [0.15, 0.2) is 5.13 Å². The van der Waals surface area contributed by atoms with Crippen molar-refractivity contribution in [1.82, 2.24) is 10.3 Å². The molecule has 1 aliphatic heterocycles. The number of ether oxygens (including phenoxy) is 1. The normalized spacial score (nSPS) is 16.8. The lowest BCUT2D eigenvalue weighted by molar-refractivity contribution is -0.117. The Bertz CT molecular complexity index is 738. The van der Waals surface area contributed by atoms with Crippen molar-refractivity contribution in [1.29, 1.82) is 0 Å². The highest BCUT2D eigenvalue weighted by molar-refractivity contribution is 7.15. The third-order valence-electron chi connectivity index (χ3n) is 3.89. The summed E-state index contributed by atoms with van der Waals surface area (Å²) in [4.78, 5) is 28.9. The minimum Gasteiger partial charge on any atom is -0.465 e. The third-order valence-corrected chi connectivity index (χ3v) is 4.80. The first-order chi connectivity index (χ1) is 11.7. The van der Waals surface area contributed by atoms with E-state index >= 15 is 0 Å². The van der Waals surface area contributed by atoms with Crippen LogP contribution in [0.2, 0.25) is 0 Å². The van der Waals surface area contributed by atoms with Crippen molar-refractivity contribution in [2.75, 3.05) is 19.0 Å². The number of anilines is 1. The molecule has 126 valence electrons. The lowest BCUT2D eigenvalue weighted by atomic mass is 10.1. The standard InChI is InChI=1S/C17H19N3O3S/c1-23-16(22)12-5-2-4-11(8-12)9-13-10-19-17(24-13)20-15(21)14-6-3-7-18-14/h2,4-5,8,10,14,18H,3,6-7,9H2,1H3,(H,19,20,21). The number of aromatic nitrogens is 1. The van der Waals surface area contributed by atoms with Crippen LogP contribution >= 0.6 is 11.3 Å². The lowest BCUT2D eigenvalue weighted by Gasteiger charge is -2.08. The molecule has 2 aromatic rings. The van der Waals surface area contributed by atoms with E-state index in [9.17, 15) is 9.59 Å². The zero-order valence-corrected chi connectivity index (χ0v) is 14.2. The quantitative estimate of drug-likeness (QED) is 0.812. The van der Waals surface area contributed by atoms with E-state index in [1.165, 1.54) is 18.4 Å². The summed E-state index contributed by atoms with van der Waals surface area (Å²) in [5, 5.41) is 6.63.